The summed E-state index contributed by atoms with van der Waals surface area (Å²) in [5, 5.41) is 6.49. The summed E-state index contributed by atoms with van der Waals surface area (Å²) < 4.78 is 0. The van der Waals surface area contributed by atoms with Crippen molar-refractivity contribution in [1.29, 1.82) is 0 Å². The Morgan fingerprint density at radius 3 is 2.34 bits per heavy atom. The number of likely N-dealkylation sites (N-methyl/N-ethyl adjacent to an activating group) is 1. The summed E-state index contributed by atoms with van der Waals surface area (Å²) in [5.74, 6) is -0.0223. The predicted molar refractivity (Wildman–Crippen MR) is 155 cm³/mol. The number of aromatic nitrogens is 1. The van der Waals surface area contributed by atoms with E-state index in [1.54, 1.807) is 6.20 Å². The lowest BCUT2D eigenvalue weighted by molar-refractivity contribution is -0.115. The minimum atomic E-state index is -0.0223. The minimum absolute atomic E-state index is 0.0223. The van der Waals surface area contributed by atoms with Crippen molar-refractivity contribution in [2.45, 2.75) is 32.4 Å². The fourth-order valence-corrected chi connectivity index (χ4v) is 5.32. The van der Waals surface area contributed by atoms with Gasteiger partial charge in [0.05, 0.1) is 24.1 Å². The SMILES string of the molecule is Cc1cc(-c2ccc(N3CCN(C)CC3)cc2)ncc1NC(=O)CNC1CCN(Cc2ccccc2)CC1. The summed E-state index contributed by atoms with van der Waals surface area (Å²) in [7, 11) is 2.17. The van der Waals surface area contributed by atoms with Crippen molar-refractivity contribution in [2.24, 2.45) is 0 Å². The van der Waals surface area contributed by atoms with Crippen LogP contribution in [0.4, 0.5) is 11.4 Å². The minimum Gasteiger partial charge on any atom is -0.369 e. The molecule has 3 aromatic rings. The molecule has 0 unspecified atom stereocenters. The monoisotopic (exact) mass is 512 g/mol. The van der Waals surface area contributed by atoms with Crippen LogP contribution < -0.4 is 15.5 Å². The van der Waals surface area contributed by atoms with Crippen LogP contribution in [-0.4, -0.2) is 79.6 Å². The predicted octanol–water partition coefficient (Wildman–Crippen LogP) is 4.00. The maximum Gasteiger partial charge on any atom is 0.238 e. The lowest BCUT2D eigenvalue weighted by Crippen LogP contribution is -2.44. The number of benzene rings is 2. The van der Waals surface area contributed by atoms with Crippen LogP contribution in [-0.2, 0) is 11.3 Å². The third-order valence-corrected chi connectivity index (χ3v) is 7.80. The first-order valence-electron chi connectivity index (χ1n) is 13.8. The Morgan fingerprint density at radius 2 is 1.66 bits per heavy atom. The molecule has 7 heteroatoms. The highest BCUT2D eigenvalue weighted by Gasteiger charge is 2.20. The molecule has 2 N–H and O–H groups in total. The van der Waals surface area contributed by atoms with E-state index >= 15 is 0 Å². The molecule has 1 aromatic heterocycles. The molecule has 200 valence electrons. The summed E-state index contributed by atoms with van der Waals surface area (Å²) in [5.41, 5.74) is 6.41. The molecule has 5 rings (SSSR count). The Morgan fingerprint density at radius 1 is 0.947 bits per heavy atom. The highest BCUT2D eigenvalue weighted by Crippen LogP contribution is 2.25. The average molecular weight is 513 g/mol. The molecule has 1 amide bonds. The van der Waals surface area contributed by atoms with Gasteiger partial charge in [0.25, 0.3) is 0 Å². The number of anilines is 2. The van der Waals surface area contributed by atoms with Gasteiger partial charge in [0.2, 0.25) is 5.91 Å². The molecule has 2 fully saturated rings. The number of carbonyl (C=O) groups excluding carboxylic acids is 1. The van der Waals surface area contributed by atoms with E-state index in [0.29, 0.717) is 12.6 Å². The van der Waals surface area contributed by atoms with Gasteiger partial charge in [-0.2, -0.15) is 0 Å². The maximum absolute atomic E-state index is 12.7. The maximum atomic E-state index is 12.7. The van der Waals surface area contributed by atoms with Crippen molar-refractivity contribution < 1.29 is 4.79 Å². The number of nitrogens with zero attached hydrogens (tertiary/aromatic N) is 4. The lowest BCUT2D eigenvalue weighted by Gasteiger charge is -2.34. The van der Waals surface area contributed by atoms with Crippen molar-refractivity contribution in [3.8, 4) is 11.3 Å². The van der Waals surface area contributed by atoms with Crippen molar-refractivity contribution >= 4 is 17.3 Å². The molecular formula is C31H40N6O. The molecule has 0 aliphatic carbocycles. The van der Waals surface area contributed by atoms with E-state index in [0.717, 1.165) is 81.2 Å². The summed E-state index contributed by atoms with van der Waals surface area (Å²) in [6, 6.07) is 21.7. The molecule has 0 radical (unpaired) electrons. The Bertz CT molecular complexity index is 1180. The lowest BCUT2D eigenvalue weighted by atomic mass is 10.0. The highest BCUT2D eigenvalue weighted by molar-refractivity contribution is 5.93. The Kier molecular flexibility index (Phi) is 8.68. The van der Waals surface area contributed by atoms with Crippen LogP contribution in [0.15, 0.2) is 66.9 Å². The molecule has 0 spiro atoms. The van der Waals surface area contributed by atoms with Crippen LogP contribution in [0.3, 0.4) is 0 Å². The number of nitrogens with one attached hydrogen (secondary N) is 2. The number of amides is 1. The molecule has 2 saturated heterocycles. The normalized spacial score (nSPS) is 17.5. The number of hydrogen-bond acceptors (Lipinski definition) is 6. The fraction of sp³-hybridized carbons (Fsp3) is 0.419. The third-order valence-electron chi connectivity index (χ3n) is 7.80. The summed E-state index contributed by atoms with van der Waals surface area (Å²) in [6.07, 6.45) is 3.89. The van der Waals surface area contributed by atoms with Crippen LogP contribution in [0.5, 0.6) is 0 Å². The first kappa shape index (κ1) is 26.4. The standard InChI is InChI=1S/C31H40N6O/c1-24-20-29(26-8-10-28(11-9-26)37-18-16-35(2)17-19-37)33-21-30(24)34-31(38)22-32-27-12-14-36(15-13-27)23-25-6-4-3-5-7-25/h3-11,20-21,27,32H,12-19,22-23H2,1-2H3,(H,34,38). The second-order valence-corrected chi connectivity index (χ2v) is 10.7. The van der Waals surface area contributed by atoms with E-state index in [1.807, 2.05) is 6.92 Å². The summed E-state index contributed by atoms with van der Waals surface area (Å²) in [4.78, 5) is 24.6. The first-order valence-corrected chi connectivity index (χ1v) is 13.8. The molecule has 2 aliphatic rings. The topological polar surface area (TPSA) is 63.7 Å². The average Bonchev–Trinajstić information content (AvgIpc) is 2.95. The third kappa shape index (κ3) is 6.98. The van der Waals surface area contributed by atoms with Gasteiger partial charge in [-0.3, -0.25) is 14.7 Å². The zero-order valence-electron chi connectivity index (χ0n) is 22.7. The molecule has 38 heavy (non-hydrogen) atoms. The number of piperazine rings is 1. The Labute approximate surface area is 226 Å². The van der Waals surface area contributed by atoms with Crippen molar-refractivity contribution in [3.63, 3.8) is 0 Å². The number of pyridine rings is 1. The van der Waals surface area contributed by atoms with Crippen LogP contribution >= 0.6 is 0 Å². The molecular weight excluding hydrogens is 472 g/mol. The largest absolute Gasteiger partial charge is 0.369 e. The van der Waals surface area contributed by atoms with Gasteiger partial charge in [-0.25, -0.2) is 0 Å². The molecule has 0 saturated carbocycles. The number of carbonyl (C=O) groups is 1. The molecule has 0 bridgehead atoms. The van der Waals surface area contributed by atoms with Gasteiger partial charge in [0, 0.05) is 50.0 Å². The number of hydrogen-bond donors (Lipinski definition) is 2. The van der Waals surface area contributed by atoms with Gasteiger partial charge in [-0.15, -0.1) is 0 Å². The van der Waals surface area contributed by atoms with E-state index in [-0.39, 0.29) is 5.91 Å². The van der Waals surface area contributed by atoms with Crippen LogP contribution in [0.2, 0.25) is 0 Å². The van der Waals surface area contributed by atoms with Gasteiger partial charge in [-0.05, 0) is 69.2 Å². The number of piperidine rings is 1. The van der Waals surface area contributed by atoms with Gasteiger partial charge in [0.1, 0.15) is 0 Å². The van der Waals surface area contributed by atoms with E-state index in [1.165, 1.54) is 11.3 Å². The smallest absolute Gasteiger partial charge is 0.238 e. The molecule has 7 nitrogen and oxygen atoms in total. The molecule has 2 aliphatic heterocycles. The van der Waals surface area contributed by atoms with Gasteiger partial charge in [0.15, 0.2) is 0 Å². The van der Waals surface area contributed by atoms with Crippen LogP contribution in [0, 0.1) is 6.92 Å². The van der Waals surface area contributed by atoms with Crippen LogP contribution in [0.1, 0.15) is 24.0 Å². The van der Waals surface area contributed by atoms with Crippen molar-refractivity contribution in [1.82, 2.24) is 20.1 Å². The molecule has 2 aromatic carbocycles. The van der Waals surface area contributed by atoms with E-state index in [4.69, 9.17) is 0 Å². The van der Waals surface area contributed by atoms with Crippen molar-refractivity contribution in [2.75, 3.05) is 63.1 Å². The van der Waals surface area contributed by atoms with Gasteiger partial charge < -0.3 is 20.4 Å². The summed E-state index contributed by atoms with van der Waals surface area (Å²) >= 11 is 0. The molecule has 0 atom stereocenters. The number of rotatable bonds is 8. The van der Waals surface area contributed by atoms with E-state index in [2.05, 4.69) is 98.0 Å². The fourth-order valence-electron chi connectivity index (χ4n) is 5.32. The first-order chi connectivity index (χ1) is 18.5. The zero-order chi connectivity index (χ0) is 26.3. The second kappa shape index (κ2) is 12.5. The van der Waals surface area contributed by atoms with Crippen LogP contribution in [0.25, 0.3) is 11.3 Å². The van der Waals surface area contributed by atoms with E-state index in [9.17, 15) is 4.79 Å². The number of aryl methyl sites for hydroxylation is 1. The quantitative estimate of drug-likeness (QED) is 0.476. The number of likely N-dealkylation sites (tertiary alicyclic amines) is 1. The van der Waals surface area contributed by atoms with E-state index < -0.39 is 0 Å². The Hall–Kier alpha value is -3.26. The molecule has 3 heterocycles. The van der Waals surface area contributed by atoms with Crippen molar-refractivity contribution in [3.05, 3.63) is 78.0 Å². The highest BCUT2D eigenvalue weighted by atomic mass is 16.1. The zero-order valence-corrected chi connectivity index (χ0v) is 22.7. The van der Waals surface area contributed by atoms with Gasteiger partial charge in [-0.1, -0.05) is 42.5 Å². The Balaban J connectivity index is 1.08. The van der Waals surface area contributed by atoms with Gasteiger partial charge >= 0.3 is 0 Å². The second-order valence-electron chi connectivity index (χ2n) is 10.7. The summed E-state index contributed by atoms with van der Waals surface area (Å²) in [6.45, 7) is 9.75.